The molecule has 162 valence electrons. The number of nitrogens with two attached hydrogens (primary N) is 1. The van der Waals surface area contributed by atoms with Crippen LogP contribution in [0.3, 0.4) is 0 Å². The van der Waals surface area contributed by atoms with Crippen LogP contribution in [0, 0.1) is 0 Å². The summed E-state index contributed by atoms with van der Waals surface area (Å²) < 4.78 is 38.4. The van der Waals surface area contributed by atoms with Gasteiger partial charge in [0.25, 0.3) is 17.0 Å². The Balaban J connectivity index is 1.63. The maximum absolute atomic E-state index is 12.1. The minimum absolute atomic E-state index is 0.0199. The van der Waals surface area contributed by atoms with Crippen molar-refractivity contribution in [2.45, 2.75) is 4.90 Å². The fourth-order valence-corrected chi connectivity index (χ4v) is 3.23. The summed E-state index contributed by atoms with van der Waals surface area (Å²) in [6, 6.07) is 10.2. The molecule has 2 amide bonds. The van der Waals surface area contributed by atoms with Gasteiger partial charge >= 0.3 is 0 Å². The molecule has 3 rings (SSSR count). The van der Waals surface area contributed by atoms with E-state index in [0.29, 0.717) is 22.7 Å². The fraction of sp³-hybridized carbons (Fsp3) is 0.105. The molecule has 1 aliphatic heterocycles. The van der Waals surface area contributed by atoms with Crippen molar-refractivity contribution in [3.8, 4) is 11.5 Å². The number of primary sulfonamides is 1. The SMILES string of the molecule is COc1cc(C=C2OC(=S)NC2=O)ccc1OCC(=O)Nc1ccc(S(N)(=O)=O)cc1. The van der Waals surface area contributed by atoms with Crippen LogP contribution in [0.4, 0.5) is 5.69 Å². The Kier molecular flexibility index (Phi) is 6.53. The van der Waals surface area contributed by atoms with Crippen LogP contribution in [0.1, 0.15) is 5.56 Å². The zero-order valence-corrected chi connectivity index (χ0v) is 17.7. The Hall–Kier alpha value is -3.48. The number of thiocarbonyl (C=S) groups is 1. The molecule has 1 aliphatic rings. The highest BCUT2D eigenvalue weighted by Crippen LogP contribution is 2.29. The number of anilines is 1. The van der Waals surface area contributed by atoms with E-state index < -0.39 is 21.8 Å². The molecule has 0 saturated carbocycles. The molecule has 10 nitrogen and oxygen atoms in total. The van der Waals surface area contributed by atoms with Crippen molar-refractivity contribution < 1.29 is 32.2 Å². The van der Waals surface area contributed by atoms with E-state index in [2.05, 4.69) is 10.6 Å². The monoisotopic (exact) mass is 463 g/mol. The van der Waals surface area contributed by atoms with Gasteiger partial charge in [-0.25, -0.2) is 13.6 Å². The summed E-state index contributed by atoms with van der Waals surface area (Å²) in [5.74, 6) is -0.231. The molecule has 1 heterocycles. The average Bonchev–Trinajstić information content (AvgIpc) is 3.03. The summed E-state index contributed by atoms with van der Waals surface area (Å²) in [7, 11) is -2.38. The van der Waals surface area contributed by atoms with Crippen molar-refractivity contribution in [1.29, 1.82) is 0 Å². The van der Waals surface area contributed by atoms with Gasteiger partial charge in [0.1, 0.15) is 0 Å². The van der Waals surface area contributed by atoms with Crippen LogP contribution in [0.15, 0.2) is 53.1 Å². The summed E-state index contributed by atoms with van der Waals surface area (Å²) in [5, 5.41) is 9.94. The lowest BCUT2D eigenvalue weighted by molar-refractivity contribution is -0.118. The van der Waals surface area contributed by atoms with E-state index in [1.165, 1.54) is 37.5 Å². The van der Waals surface area contributed by atoms with E-state index in [9.17, 15) is 18.0 Å². The molecular formula is C19H17N3O7S2. The number of hydrogen-bond donors (Lipinski definition) is 3. The number of carbonyl (C=O) groups is 2. The number of benzene rings is 2. The summed E-state index contributed by atoms with van der Waals surface area (Å²) in [4.78, 5) is 23.7. The molecule has 0 unspecified atom stereocenters. The number of sulfonamides is 1. The third kappa shape index (κ3) is 5.78. The molecule has 0 bridgehead atoms. The molecule has 2 aromatic rings. The molecule has 0 spiro atoms. The second-order valence-corrected chi connectivity index (χ2v) is 8.10. The number of rotatable bonds is 7. The van der Waals surface area contributed by atoms with Crippen molar-refractivity contribution in [1.82, 2.24) is 5.32 Å². The standard InChI is InChI=1S/C19H17N3O7S2/c1-27-15-8-11(9-16-18(24)22-19(30)29-16)2-7-14(15)28-10-17(23)21-12-3-5-13(6-4-12)31(20,25)26/h2-9H,10H2,1H3,(H,21,23)(H2,20,25,26)(H,22,24,30). The Morgan fingerprint density at radius 1 is 1.23 bits per heavy atom. The zero-order chi connectivity index (χ0) is 22.6. The molecule has 2 aromatic carbocycles. The Labute approximate surface area is 183 Å². The van der Waals surface area contributed by atoms with E-state index >= 15 is 0 Å². The smallest absolute Gasteiger partial charge is 0.294 e. The summed E-state index contributed by atoms with van der Waals surface area (Å²) >= 11 is 4.78. The van der Waals surface area contributed by atoms with E-state index in [-0.39, 0.29) is 22.4 Å². The number of carbonyl (C=O) groups excluding carboxylic acids is 2. The van der Waals surface area contributed by atoms with E-state index in [1.54, 1.807) is 18.2 Å². The molecule has 1 saturated heterocycles. The number of amides is 2. The second-order valence-electron chi connectivity index (χ2n) is 6.17. The quantitative estimate of drug-likeness (QED) is 0.409. The van der Waals surface area contributed by atoms with Gasteiger partial charge in [-0.15, -0.1) is 0 Å². The minimum atomic E-state index is -3.81. The first-order valence-electron chi connectivity index (χ1n) is 8.64. The third-order valence-electron chi connectivity index (χ3n) is 3.95. The van der Waals surface area contributed by atoms with Crippen LogP contribution in [-0.2, 0) is 24.3 Å². The van der Waals surface area contributed by atoms with Crippen molar-refractivity contribution in [2.75, 3.05) is 19.0 Å². The van der Waals surface area contributed by atoms with Gasteiger partial charge in [-0.05, 0) is 60.3 Å². The molecule has 0 radical (unpaired) electrons. The van der Waals surface area contributed by atoms with Gasteiger partial charge in [-0.3, -0.25) is 14.9 Å². The number of methoxy groups -OCH3 is 1. The fourth-order valence-electron chi connectivity index (χ4n) is 2.53. The second kappa shape index (κ2) is 9.12. The first kappa shape index (κ1) is 22.2. The van der Waals surface area contributed by atoms with Crippen LogP contribution >= 0.6 is 12.2 Å². The first-order valence-corrected chi connectivity index (χ1v) is 10.6. The predicted molar refractivity (Wildman–Crippen MR) is 115 cm³/mol. The maximum atomic E-state index is 12.1. The van der Waals surface area contributed by atoms with Gasteiger partial charge in [0.2, 0.25) is 10.0 Å². The normalized spacial score (nSPS) is 14.7. The van der Waals surface area contributed by atoms with E-state index in [4.69, 9.17) is 31.6 Å². The highest BCUT2D eigenvalue weighted by Gasteiger charge is 2.23. The van der Waals surface area contributed by atoms with Crippen molar-refractivity contribution in [2.24, 2.45) is 5.14 Å². The predicted octanol–water partition coefficient (Wildman–Crippen LogP) is 1.13. The van der Waals surface area contributed by atoms with Crippen LogP contribution in [0.25, 0.3) is 6.08 Å². The Morgan fingerprint density at radius 3 is 2.52 bits per heavy atom. The minimum Gasteiger partial charge on any atom is -0.493 e. The topological polar surface area (TPSA) is 146 Å². The molecule has 31 heavy (non-hydrogen) atoms. The molecule has 4 N–H and O–H groups in total. The first-order chi connectivity index (χ1) is 14.7. The molecule has 0 aromatic heterocycles. The van der Waals surface area contributed by atoms with Crippen LogP contribution in [0.5, 0.6) is 11.5 Å². The van der Waals surface area contributed by atoms with Gasteiger partial charge in [-0.2, -0.15) is 0 Å². The number of hydrogen-bond acceptors (Lipinski definition) is 8. The molecular weight excluding hydrogens is 446 g/mol. The largest absolute Gasteiger partial charge is 0.493 e. The van der Waals surface area contributed by atoms with E-state index in [0.717, 1.165) is 0 Å². The summed E-state index contributed by atoms with van der Waals surface area (Å²) in [5.41, 5.74) is 0.973. The highest BCUT2D eigenvalue weighted by atomic mass is 32.2. The van der Waals surface area contributed by atoms with Gasteiger partial charge in [-0.1, -0.05) is 6.07 Å². The third-order valence-corrected chi connectivity index (χ3v) is 5.07. The molecule has 1 fully saturated rings. The van der Waals surface area contributed by atoms with Crippen LogP contribution < -0.4 is 25.2 Å². The number of nitrogens with one attached hydrogen (secondary N) is 2. The lowest BCUT2D eigenvalue weighted by atomic mass is 10.1. The number of ether oxygens (including phenoxy) is 3. The van der Waals surface area contributed by atoms with E-state index in [1.807, 2.05) is 0 Å². The van der Waals surface area contributed by atoms with Crippen molar-refractivity contribution in [3.05, 3.63) is 53.8 Å². The van der Waals surface area contributed by atoms with Gasteiger partial charge < -0.3 is 19.5 Å². The van der Waals surface area contributed by atoms with Crippen molar-refractivity contribution in [3.63, 3.8) is 0 Å². The summed E-state index contributed by atoms with van der Waals surface area (Å²) in [6.45, 7) is -0.326. The lowest BCUT2D eigenvalue weighted by Crippen LogP contribution is -2.20. The zero-order valence-electron chi connectivity index (χ0n) is 16.1. The average molecular weight is 463 g/mol. The van der Waals surface area contributed by atoms with Crippen LogP contribution in [0.2, 0.25) is 0 Å². The van der Waals surface area contributed by atoms with Gasteiger partial charge in [0.05, 0.1) is 12.0 Å². The van der Waals surface area contributed by atoms with Crippen LogP contribution in [-0.4, -0.2) is 39.1 Å². The maximum Gasteiger partial charge on any atom is 0.294 e. The summed E-state index contributed by atoms with van der Waals surface area (Å²) in [6.07, 6.45) is 1.48. The Morgan fingerprint density at radius 2 is 1.94 bits per heavy atom. The van der Waals surface area contributed by atoms with Crippen molar-refractivity contribution >= 4 is 51.0 Å². The molecule has 0 atom stereocenters. The van der Waals surface area contributed by atoms with Gasteiger partial charge in [0.15, 0.2) is 23.9 Å². The Bertz CT molecular complexity index is 1180. The lowest BCUT2D eigenvalue weighted by Gasteiger charge is -2.12. The van der Waals surface area contributed by atoms with Gasteiger partial charge in [0, 0.05) is 5.69 Å². The molecule has 12 heteroatoms. The highest BCUT2D eigenvalue weighted by molar-refractivity contribution is 7.89. The molecule has 0 aliphatic carbocycles.